The molecule has 0 radical (unpaired) electrons. The first kappa shape index (κ1) is 14.6. The first-order chi connectivity index (χ1) is 11.1. The summed E-state index contributed by atoms with van der Waals surface area (Å²) in [6.45, 7) is 0.201. The van der Waals surface area contributed by atoms with Crippen molar-refractivity contribution in [1.29, 1.82) is 0 Å². The molecular formula is C17H14N2O4. The van der Waals surface area contributed by atoms with Crippen molar-refractivity contribution < 1.29 is 19.1 Å². The predicted octanol–water partition coefficient (Wildman–Crippen LogP) is 2.17. The summed E-state index contributed by atoms with van der Waals surface area (Å²) in [7, 11) is 0. The van der Waals surface area contributed by atoms with Gasteiger partial charge in [-0.25, -0.2) is 0 Å². The second kappa shape index (κ2) is 6.23. The van der Waals surface area contributed by atoms with Gasteiger partial charge in [-0.3, -0.25) is 9.59 Å². The largest absolute Gasteiger partial charge is 0.454 e. The van der Waals surface area contributed by atoms with E-state index in [4.69, 9.17) is 15.2 Å². The molecule has 0 spiro atoms. The van der Waals surface area contributed by atoms with Crippen LogP contribution in [0.2, 0.25) is 0 Å². The molecule has 0 saturated carbocycles. The number of primary amides is 1. The van der Waals surface area contributed by atoms with Crippen LogP contribution in [0, 0.1) is 0 Å². The Kier molecular flexibility index (Phi) is 3.97. The first-order valence-corrected chi connectivity index (χ1v) is 6.91. The molecule has 23 heavy (non-hydrogen) atoms. The van der Waals surface area contributed by atoms with Crippen molar-refractivity contribution in [3.63, 3.8) is 0 Å². The number of para-hydroxylation sites is 1. The third-order valence-corrected chi connectivity index (χ3v) is 3.27. The molecule has 6 nitrogen and oxygen atoms in total. The van der Waals surface area contributed by atoms with Gasteiger partial charge in [0.25, 0.3) is 5.91 Å². The molecule has 1 heterocycles. The number of anilines is 1. The van der Waals surface area contributed by atoms with Gasteiger partial charge in [-0.05, 0) is 35.9 Å². The SMILES string of the molecule is NC(=O)c1ccccc1NC(=O)/C=C/c1ccc2c(c1)OCO2. The Morgan fingerprint density at radius 2 is 1.87 bits per heavy atom. The van der Waals surface area contributed by atoms with Gasteiger partial charge in [-0.2, -0.15) is 0 Å². The summed E-state index contributed by atoms with van der Waals surface area (Å²) in [6.07, 6.45) is 3.01. The minimum atomic E-state index is -0.597. The Hall–Kier alpha value is -3.28. The van der Waals surface area contributed by atoms with E-state index in [-0.39, 0.29) is 18.3 Å². The van der Waals surface area contributed by atoms with Crippen LogP contribution in [0.4, 0.5) is 5.69 Å². The van der Waals surface area contributed by atoms with Gasteiger partial charge in [-0.1, -0.05) is 18.2 Å². The molecule has 0 bridgehead atoms. The smallest absolute Gasteiger partial charge is 0.250 e. The Balaban J connectivity index is 1.71. The van der Waals surface area contributed by atoms with Crippen LogP contribution in [-0.4, -0.2) is 18.6 Å². The van der Waals surface area contributed by atoms with Crippen LogP contribution in [0.25, 0.3) is 6.08 Å². The van der Waals surface area contributed by atoms with E-state index in [1.54, 1.807) is 42.5 Å². The Labute approximate surface area is 132 Å². The molecule has 1 aliphatic heterocycles. The normalized spacial score (nSPS) is 12.3. The maximum Gasteiger partial charge on any atom is 0.250 e. The Bertz CT molecular complexity index is 799. The molecule has 2 aromatic rings. The number of carbonyl (C=O) groups excluding carboxylic acids is 2. The molecule has 1 aliphatic rings. The van der Waals surface area contributed by atoms with Crippen LogP contribution < -0.4 is 20.5 Å². The highest BCUT2D eigenvalue weighted by molar-refractivity contribution is 6.07. The summed E-state index contributed by atoms with van der Waals surface area (Å²) in [5.74, 6) is 0.366. The van der Waals surface area contributed by atoms with Crippen LogP contribution in [0.1, 0.15) is 15.9 Å². The third kappa shape index (κ3) is 3.32. The monoisotopic (exact) mass is 310 g/mol. The molecule has 3 rings (SSSR count). The van der Waals surface area contributed by atoms with Gasteiger partial charge in [-0.15, -0.1) is 0 Å². The molecule has 0 aliphatic carbocycles. The number of rotatable bonds is 4. The minimum absolute atomic E-state index is 0.201. The summed E-state index contributed by atoms with van der Waals surface area (Å²) >= 11 is 0. The summed E-state index contributed by atoms with van der Waals surface area (Å²) < 4.78 is 10.5. The second-order valence-electron chi connectivity index (χ2n) is 4.85. The fourth-order valence-electron chi connectivity index (χ4n) is 2.17. The highest BCUT2D eigenvalue weighted by atomic mass is 16.7. The molecule has 6 heteroatoms. The van der Waals surface area contributed by atoms with Gasteiger partial charge >= 0.3 is 0 Å². The molecule has 0 fully saturated rings. The summed E-state index contributed by atoms with van der Waals surface area (Å²) in [4.78, 5) is 23.3. The number of hydrogen-bond donors (Lipinski definition) is 2. The van der Waals surface area contributed by atoms with E-state index in [1.807, 2.05) is 6.07 Å². The van der Waals surface area contributed by atoms with E-state index in [2.05, 4.69) is 5.32 Å². The number of benzene rings is 2. The van der Waals surface area contributed by atoms with Crippen molar-refractivity contribution in [2.45, 2.75) is 0 Å². The van der Waals surface area contributed by atoms with Crippen molar-refractivity contribution in [3.05, 3.63) is 59.7 Å². The number of nitrogens with one attached hydrogen (secondary N) is 1. The lowest BCUT2D eigenvalue weighted by molar-refractivity contribution is -0.111. The average molecular weight is 310 g/mol. The van der Waals surface area contributed by atoms with Gasteiger partial charge in [0.15, 0.2) is 11.5 Å². The van der Waals surface area contributed by atoms with Gasteiger partial charge in [0.2, 0.25) is 12.7 Å². The molecule has 0 aromatic heterocycles. The standard InChI is InChI=1S/C17H14N2O4/c18-17(21)12-3-1-2-4-13(12)19-16(20)8-6-11-5-7-14-15(9-11)23-10-22-14/h1-9H,10H2,(H2,18,21)(H,19,20)/b8-6+. The zero-order valence-electron chi connectivity index (χ0n) is 12.1. The van der Waals surface area contributed by atoms with Gasteiger partial charge in [0.05, 0.1) is 11.3 Å². The fourth-order valence-corrected chi connectivity index (χ4v) is 2.17. The van der Waals surface area contributed by atoms with E-state index in [1.165, 1.54) is 6.08 Å². The summed E-state index contributed by atoms with van der Waals surface area (Å²) in [6, 6.07) is 11.9. The van der Waals surface area contributed by atoms with E-state index in [0.717, 1.165) is 5.56 Å². The van der Waals surface area contributed by atoms with Gasteiger partial charge in [0.1, 0.15) is 0 Å². The Morgan fingerprint density at radius 3 is 2.70 bits per heavy atom. The quantitative estimate of drug-likeness (QED) is 0.847. The van der Waals surface area contributed by atoms with Crippen molar-refractivity contribution in [2.24, 2.45) is 5.73 Å². The van der Waals surface area contributed by atoms with Crippen molar-refractivity contribution in [2.75, 3.05) is 12.1 Å². The van der Waals surface area contributed by atoms with Crippen molar-refractivity contribution in [1.82, 2.24) is 0 Å². The van der Waals surface area contributed by atoms with E-state index < -0.39 is 5.91 Å². The third-order valence-electron chi connectivity index (χ3n) is 3.27. The van der Waals surface area contributed by atoms with Gasteiger partial charge < -0.3 is 20.5 Å². The average Bonchev–Trinajstić information content (AvgIpc) is 3.01. The van der Waals surface area contributed by atoms with E-state index in [0.29, 0.717) is 17.2 Å². The number of hydrogen-bond acceptors (Lipinski definition) is 4. The lowest BCUT2D eigenvalue weighted by Gasteiger charge is -2.06. The van der Waals surface area contributed by atoms with Crippen molar-refractivity contribution in [3.8, 4) is 11.5 Å². The number of fused-ring (bicyclic) bond motifs is 1. The molecule has 2 amide bonds. The Morgan fingerprint density at radius 1 is 1.09 bits per heavy atom. The highest BCUT2D eigenvalue weighted by Crippen LogP contribution is 2.32. The summed E-state index contributed by atoms with van der Waals surface area (Å²) in [5, 5.41) is 2.63. The number of nitrogens with two attached hydrogens (primary N) is 1. The van der Waals surface area contributed by atoms with Gasteiger partial charge in [0, 0.05) is 6.08 Å². The maximum absolute atomic E-state index is 12.0. The fraction of sp³-hybridized carbons (Fsp3) is 0.0588. The van der Waals surface area contributed by atoms with Crippen molar-refractivity contribution >= 4 is 23.6 Å². The first-order valence-electron chi connectivity index (χ1n) is 6.91. The molecule has 0 atom stereocenters. The highest BCUT2D eigenvalue weighted by Gasteiger charge is 2.12. The lowest BCUT2D eigenvalue weighted by Crippen LogP contribution is -2.16. The molecule has 0 saturated heterocycles. The maximum atomic E-state index is 12.0. The van der Waals surface area contributed by atoms with Crippen LogP contribution in [0.3, 0.4) is 0 Å². The molecular weight excluding hydrogens is 296 g/mol. The lowest BCUT2D eigenvalue weighted by atomic mass is 10.1. The van der Waals surface area contributed by atoms with Crippen LogP contribution in [0.15, 0.2) is 48.5 Å². The summed E-state index contributed by atoms with van der Waals surface area (Å²) in [5.41, 5.74) is 6.71. The number of carbonyl (C=O) groups is 2. The number of ether oxygens (including phenoxy) is 2. The topological polar surface area (TPSA) is 90.7 Å². The second-order valence-corrected chi connectivity index (χ2v) is 4.85. The molecule has 2 aromatic carbocycles. The molecule has 0 unspecified atom stereocenters. The molecule has 116 valence electrons. The molecule has 3 N–H and O–H groups in total. The van der Waals surface area contributed by atoms with E-state index in [9.17, 15) is 9.59 Å². The number of amides is 2. The predicted molar refractivity (Wildman–Crippen MR) is 85.2 cm³/mol. The zero-order chi connectivity index (χ0) is 16.2. The zero-order valence-corrected chi connectivity index (χ0v) is 12.1. The van der Waals surface area contributed by atoms with Crippen LogP contribution in [-0.2, 0) is 4.79 Å². The van der Waals surface area contributed by atoms with Crippen LogP contribution in [0.5, 0.6) is 11.5 Å². The van der Waals surface area contributed by atoms with Crippen LogP contribution >= 0.6 is 0 Å². The van der Waals surface area contributed by atoms with E-state index >= 15 is 0 Å². The minimum Gasteiger partial charge on any atom is -0.454 e.